The summed E-state index contributed by atoms with van der Waals surface area (Å²) in [6.07, 6.45) is 0. The second-order valence-corrected chi connectivity index (χ2v) is 5.38. The summed E-state index contributed by atoms with van der Waals surface area (Å²) in [5.41, 5.74) is 3.93. The average molecular weight is 342 g/mol. The largest absolute Gasteiger partial charge is 0.507 e. The molecule has 7 nitrogen and oxygen atoms in total. The number of fused-ring (bicyclic) bond motifs is 1. The second-order valence-electron chi connectivity index (χ2n) is 5.38. The summed E-state index contributed by atoms with van der Waals surface area (Å²) in [6.45, 7) is 2.79. The molecular weight excluding hydrogens is 324 g/mol. The molecule has 0 radical (unpaired) electrons. The first-order valence-corrected chi connectivity index (χ1v) is 7.70. The Labute approximate surface area is 144 Å². The Morgan fingerprint density at radius 2 is 1.92 bits per heavy atom. The van der Waals surface area contributed by atoms with Crippen molar-refractivity contribution in [3.63, 3.8) is 0 Å². The number of rotatable bonds is 4. The molecule has 130 valence electrons. The molecule has 1 aliphatic rings. The van der Waals surface area contributed by atoms with E-state index in [9.17, 15) is 9.90 Å². The van der Waals surface area contributed by atoms with Gasteiger partial charge in [0.1, 0.15) is 24.7 Å². The number of phenols is 1. The number of ether oxygens (including phenoxy) is 3. The molecule has 1 amide bonds. The van der Waals surface area contributed by atoms with Gasteiger partial charge in [0.05, 0.1) is 18.4 Å². The minimum absolute atomic E-state index is 0.111. The molecule has 0 unspecified atom stereocenters. The molecule has 3 rings (SSSR count). The van der Waals surface area contributed by atoms with Gasteiger partial charge in [-0.1, -0.05) is 0 Å². The van der Waals surface area contributed by atoms with Gasteiger partial charge in [0.15, 0.2) is 11.5 Å². The molecule has 2 aromatic carbocycles. The molecule has 0 saturated heterocycles. The van der Waals surface area contributed by atoms with Crippen molar-refractivity contribution in [3.05, 3.63) is 47.5 Å². The van der Waals surface area contributed by atoms with E-state index < -0.39 is 5.91 Å². The Balaban J connectivity index is 1.74. The zero-order chi connectivity index (χ0) is 17.8. The molecule has 2 aromatic rings. The lowest BCUT2D eigenvalue weighted by molar-refractivity contribution is 0.0952. The molecule has 0 fully saturated rings. The first kappa shape index (κ1) is 16.6. The van der Waals surface area contributed by atoms with Gasteiger partial charge in [-0.05, 0) is 37.3 Å². The molecule has 0 atom stereocenters. The third-order valence-electron chi connectivity index (χ3n) is 3.73. The highest BCUT2D eigenvalue weighted by atomic mass is 16.6. The number of phenolic OH excluding ortho intramolecular Hbond substituents is 1. The zero-order valence-electron chi connectivity index (χ0n) is 13.9. The maximum Gasteiger partial charge on any atom is 0.275 e. The average Bonchev–Trinajstić information content (AvgIpc) is 2.65. The first-order valence-electron chi connectivity index (χ1n) is 7.70. The van der Waals surface area contributed by atoms with Crippen LogP contribution in [0, 0.1) is 0 Å². The molecule has 0 aliphatic carbocycles. The van der Waals surface area contributed by atoms with Crippen LogP contribution in [0.5, 0.6) is 23.0 Å². The summed E-state index contributed by atoms with van der Waals surface area (Å²) in [7, 11) is 1.48. The number of hydrogen-bond acceptors (Lipinski definition) is 6. The van der Waals surface area contributed by atoms with E-state index in [-0.39, 0.29) is 11.3 Å². The van der Waals surface area contributed by atoms with Crippen LogP contribution in [-0.4, -0.2) is 37.0 Å². The number of benzene rings is 2. The van der Waals surface area contributed by atoms with Crippen LogP contribution in [0.25, 0.3) is 0 Å². The van der Waals surface area contributed by atoms with Gasteiger partial charge in [0.2, 0.25) is 0 Å². The summed E-state index contributed by atoms with van der Waals surface area (Å²) < 4.78 is 16.0. The van der Waals surface area contributed by atoms with Crippen molar-refractivity contribution < 1.29 is 24.1 Å². The van der Waals surface area contributed by atoms with E-state index in [2.05, 4.69) is 10.5 Å². The Morgan fingerprint density at radius 1 is 1.16 bits per heavy atom. The maximum atomic E-state index is 12.2. The van der Waals surface area contributed by atoms with Gasteiger partial charge in [-0.15, -0.1) is 0 Å². The predicted molar refractivity (Wildman–Crippen MR) is 91.8 cm³/mol. The molecule has 0 aromatic heterocycles. The number of nitrogens with zero attached hydrogens (tertiary/aromatic N) is 1. The van der Waals surface area contributed by atoms with Gasteiger partial charge in [-0.25, -0.2) is 5.43 Å². The number of hydrazone groups is 1. The fourth-order valence-electron chi connectivity index (χ4n) is 2.36. The molecule has 1 heterocycles. The van der Waals surface area contributed by atoms with Gasteiger partial charge >= 0.3 is 0 Å². The predicted octanol–water partition coefficient (Wildman–Crippen LogP) is 2.33. The molecule has 25 heavy (non-hydrogen) atoms. The minimum atomic E-state index is -0.517. The van der Waals surface area contributed by atoms with E-state index >= 15 is 0 Å². The molecule has 2 N–H and O–H groups in total. The SMILES string of the molecule is COc1ccc(C(=O)N/N=C(/C)c2ccc3c(c2)OCCO3)c(O)c1. The highest BCUT2D eigenvalue weighted by Gasteiger charge is 2.14. The fourth-order valence-corrected chi connectivity index (χ4v) is 2.36. The lowest BCUT2D eigenvalue weighted by atomic mass is 10.1. The molecule has 0 spiro atoms. The number of aromatic hydroxyl groups is 1. The van der Waals surface area contributed by atoms with E-state index in [1.54, 1.807) is 19.1 Å². The van der Waals surface area contributed by atoms with Crippen LogP contribution in [-0.2, 0) is 0 Å². The van der Waals surface area contributed by atoms with Crippen LogP contribution in [0.15, 0.2) is 41.5 Å². The van der Waals surface area contributed by atoms with Crippen LogP contribution in [0.2, 0.25) is 0 Å². The van der Waals surface area contributed by atoms with E-state index in [4.69, 9.17) is 14.2 Å². The zero-order valence-corrected chi connectivity index (χ0v) is 13.9. The van der Waals surface area contributed by atoms with Crippen LogP contribution in [0.4, 0.5) is 0 Å². The third kappa shape index (κ3) is 3.65. The normalized spacial score (nSPS) is 13.3. The standard InChI is InChI=1S/C18H18N2O5/c1-11(12-3-6-16-17(9-12)25-8-7-24-16)19-20-18(22)14-5-4-13(23-2)10-15(14)21/h3-6,9-10,21H,7-8H2,1-2H3,(H,20,22)/b19-11-. The number of methoxy groups -OCH3 is 1. The van der Waals surface area contributed by atoms with Gasteiger partial charge in [-0.3, -0.25) is 4.79 Å². The highest BCUT2D eigenvalue weighted by Crippen LogP contribution is 2.31. The van der Waals surface area contributed by atoms with E-state index in [1.807, 2.05) is 12.1 Å². The fraction of sp³-hybridized carbons (Fsp3) is 0.222. The third-order valence-corrected chi connectivity index (χ3v) is 3.73. The quantitative estimate of drug-likeness (QED) is 0.657. The van der Waals surface area contributed by atoms with Crippen LogP contribution in [0.3, 0.4) is 0 Å². The van der Waals surface area contributed by atoms with Gasteiger partial charge < -0.3 is 19.3 Å². The van der Waals surface area contributed by atoms with Crippen LogP contribution in [0.1, 0.15) is 22.8 Å². The van der Waals surface area contributed by atoms with Crippen molar-refractivity contribution in [1.82, 2.24) is 5.43 Å². The molecular formula is C18H18N2O5. The molecule has 7 heteroatoms. The highest BCUT2D eigenvalue weighted by molar-refractivity contribution is 6.02. The van der Waals surface area contributed by atoms with Crippen molar-refractivity contribution in [1.29, 1.82) is 0 Å². The lowest BCUT2D eigenvalue weighted by Crippen LogP contribution is -2.20. The van der Waals surface area contributed by atoms with Crippen molar-refractivity contribution in [2.75, 3.05) is 20.3 Å². The number of nitrogens with one attached hydrogen (secondary N) is 1. The monoisotopic (exact) mass is 342 g/mol. The number of amides is 1. The van der Waals surface area contributed by atoms with Crippen molar-refractivity contribution >= 4 is 11.6 Å². The molecule has 0 bridgehead atoms. The van der Waals surface area contributed by atoms with Crippen LogP contribution >= 0.6 is 0 Å². The Bertz CT molecular complexity index is 832. The van der Waals surface area contributed by atoms with E-state index in [0.717, 1.165) is 5.56 Å². The van der Waals surface area contributed by atoms with E-state index in [1.165, 1.54) is 19.2 Å². The lowest BCUT2D eigenvalue weighted by Gasteiger charge is -2.18. The van der Waals surface area contributed by atoms with Crippen molar-refractivity contribution in [3.8, 4) is 23.0 Å². The summed E-state index contributed by atoms with van der Waals surface area (Å²) in [5.74, 6) is 1.11. The Kier molecular flexibility index (Phi) is 4.74. The number of hydrogen-bond donors (Lipinski definition) is 2. The van der Waals surface area contributed by atoms with Gasteiger partial charge in [-0.2, -0.15) is 5.10 Å². The summed E-state index contributed by atoms with van der Waals surface area (Å²) in [5, 5.41) is 14.0. The van der Waals surface area contributed by atoms with E-state index in [0.29, 0.717) is 36.2 Å². The second kappa shape index (κ2) is 7.12. The summed E-state index contributed by atoms with van der Waals surface area (Å²) in [6, 6.07) is 9.88. The van der Waals surface area contributed by atoms with Crippen molar-refractivity contribution in [2.24, 2.45) is 5.10 Å². The molecule has 0 saturated carbocycles. The van der Waals surface area contributed by atoms with Crippen LogP contribution < -0.4 is 19.6 Å². The Hall–Kier alpha value is -3.22. The first-order chi connectivity index (χ1) is 12.1. The van der Waals surface area contributed by atoms with Gasteiger partial charge in [0, 0.05) is 11.6 Å². The number of carbonyl (C=O) groups excluding carboxylic acids is 1. The van der Waals surface area contributed by atoms with Crippen molar-refractivity contribution in [2.45, 2.75) is 6.92 Å². The maximum absolute atomic E-state index is 12.2. The smallest absolute Gasteiger partial charge is 0.275 e. The minimum Gasteiger partial charge on any atom is -0.507 e. The number of carbonyl (C=O) groups is 1. The summed E-state index contributed by atoms with van der Waals surface area (Å²) in [4.78, 5) is 12.2. The topological polar surface area (TPSA) is 89.4 Å². The summed E-state index contributed by atoms with van der Waals surface area (Å²) >= 11 is 0. The Morgan fingerprint density at radius 3 is 2.64 bits per heavy atom. The molecule has 1 aliphatic heterocycles. The van der Waals surface area contributed by atoms with Gasteiger partial charge in [0.25, 0.3) is 5.91 Å².